The predicted molar refractivity (Wildman–Crippen MR) is 55.4 cm³/mol. The molecule has 1 aromatic carbocycles. The maximum atomic E-state index is 3.83. The average molecular weight is 160 g/mol. The van der Waals surface area contributed by atoms with Crippen molar-refractivity contribution in [1.82, 2.24) is 0 Å². The van der Waals surface area contributed by atoms with Crippen molar-refractivity contribution in [2.45, 2.75) is 26.7 Å². The van der Waals surface area contributed by atoms with Crippen molar-refractivity contribution in [3.63, 3.8) is 0 Å². The van der Waals surface area contributed by atoms with Gasteiger partial charge in [-0.25, -0.2) is 0 Å². The number of rotatable bonds is 2. The molecule has 0 saturated carbocycles. The van der Waals surface area contributed by atoms with Gasteiger partial charge in [-0.2, -0.15) is 0 Å². The standard InChI is InChI=1S/C12H16/c1-5-11-10(4)7-6-8-12(11)9(2)3/h5-9H,1H2,2-4H3. The summed E-state index contributed by atoms with van der Waals surface area (Å²) < 4.78 is 0. The van der Waals surface area contributed by atoms with Gasteiger partial charge in [0.05, 0.1) is 0 Å². The van der Waals surface area contributed by atoms with Gasteiger partial charge in [0.25, 0.3) is 0 Å². The van der Waals surface area contributed by atoms with Crippen LogP contribution in [0.4, 0.5) is 0 Å². The summed E-state index contributed by atoms with van der Waals surface area (Å²) in [7, 11) is 0. The van der Waals surface area contributed by atoms with E-state index >= 15 is 0 Å². The molecule has 0 atom stereocenters. The highest BCUT2D eigenvalue weighted by atomic mass is 14.1. The number of benzene rings is 1. The molecule has 0 amide bonds. The summed E-state index contributed by atoms with van der Waals surface area (Å²) in [5, 5.41) is 0. The third-order valence-corrected chi connectivity index (χ3v) is 2.18. The molecule has 0 fully saturated rings. The van der Waals surface area contributed by atoms with Crippen molar-refractivity contribution in [2.75, 3.05) is 0 Å². The molecule has 0 aromatic heterocycles. The highest BCUT2D eigenvalue weighted by Crippen LogP contribution is 2.22. The van der Waals surface area contributed by atoms with Crippen LogP contribution in [-0.2, 0) is 0 Å². The first-order valence-electron chi connectivity index (χ1n) is 4.38. The Morgan fingerprint density at radius 1 is 1.33 bits per heavy atom. The normalized spacial score (nSPS) is 10.3. The molecule has 0 N–H and O–H groups in total. The molecular formula is C12H16. The lowest BCUT2D eigenvalue weighted by molar-refractivity contribution is 0.862. The fraction of sp³-hybridized carbons (Fsp3) is 0.333. The fourth-order valence-electron chi connectivity index (χ4n) is 1.49. The van der Waals surface area contributed by atoms with Crippen LogP contribution in [0.2, 0.25) is 0 Å². The van der Waals surface area contributed by atoms with Crippen molar-refractivity contribution >= 4 is 6.08 Å². The Bertz CT molecular complexity index is 282. The second kappa shape index (κ2) is 3.57. The Hall–Kier alpha value is -1.04. The molecule has 12 heavy (non-hydrogen) atoms. The Kier molecular flexibility index (Phi) is 2.69. The van der Waals surface area contributed by atoms with E-state index in [1.165, 1.54) is 16.7 Å². The minimum Gasteiger partial charge on any atom is -0.0984 e. The summed E-state index contributed by atoms with van der Waals surface area (Å²) >= 11 is 0. The fourth-order valence-corrected chi connectivity index (χ4v) is 1.49. The first kappa shape index (κ1) is 9.05. The molecule has 0 aliphatic heterocycles. The van der Waals surface area contributed by atoms with E-state index in [0.29, 0.717) is 5.92 Å². The van der Waals surface area contributed by atoms with Gasteiger partial charge in [-0.3, -0.25) is 0 Å². The number of hydrogen-bond acceptors (Lipinski definition) is 0. The van der Waals surface area contributed by atoms with Gasteiger partial charge in [0.1, 0.15) is 0 Å². The average Bonchev–Trinajstić information content (AvgIpc) is 2.03. The lowest BCUT2D eigenvalue weighted by Crippen LogP contribution is -1.93. The highest BCUT2D eigenvalue weighted by molar-refractivity contribution is 5.56. The molecule has 0 aliphatic carbocycles. The van der Waals surface area contributed by atoms with Crippen LogP contribution in [0.3, 0.4) is 0 Å². The van der Waals surface area contributed by atoms with Gasteiger partial charge >= 0.3 is 0 Å². The summed E-state index contributed by atoms with van der Waals surface area (Å²) in [6.07, 6.45) is 1.95. The van der Waals surface area contributed by atoms with Gasteiger partial charge in [-0.15, -0.1) is 0 Å². The maximum absolute atomic E-state index is 3.83. The molecule has 0 spiro atoms. The first-order chi connectivity index (χ1) is 5.66. The van der Waals surface area contributed by atoms with Crippen LogP contribution in [0.15, 0.2) is 24.8 Å². The minimum absolute atomic E-state index is 0.581. The molecular weight excluding hydrogens is 144 g/mol. The summed E-state index contributed by atoms with van der Waals surface area (Å²) in [6, 6.07) is 6.41. The third-order valence-electron chi connectivity index (χ3n) is 2.18. The second-order valence-electron chi connectivity index (χ2n) is 3.44. The monoisotopic (exact) mass is 160 g/mol. The van der Waals surface area contributed by atoms with Crippen molar-refractivity contribution in [3.8, 4) is 0 Å². The van der Waals surface area contributed by atoms with Crippen LogP contribution in [0.1, 0.15) is 36.5 Å². The Morgan fingerprint density at radius 3 is 2.42 bits per heavy atom. The van der Waals surface area contributed by atoms with Crippen molar-refractivity contribution in [1.29, 1.82) is 0 Å². The zero-order valence-corrected chi connectivity index (χ0v) is 8.09. The quantitative estimate of drug-likeness (QED) is 0.618. The van der Waals surface area contributed by atoms with E-state index in [4.69, 9.17) is 0 Å². The Labute approximate surface area is 74.9 Å². The van der Waals surface area contributed by atoms with Crippen LogP contribution >= 0.6 is 0 Å². The van der Waals surface area contributed by atoms with E-state index in [2.05, 4.69) is 45.5 Å². The van der Waals surface area contributed by atoms with E-state index in [0.717, 1.165) is 0 Å². The zero-order chi connectivity index (χ0) is 9.14. The van der Waals surface area contributed by atoms with Crippen LogP contribution in [0.25, 0.3) is 6.08 Å². The van der Waals surface area contributed by atoms with Crippen molar-refractivity contribution in [3.05, 3.63) is 41.5 Å². The Balaban J connectivity index is 3.27. The lowest BCUT2D eigenvalue weighted by atomic mass is 9.94. The SMILES string of the molecule is C=Cc1c(C)cccc1C(C)C. The lowest BCUT2D eigenvalue weighted by Gasteiger charge is -2.11. The summed E-state index contributed by atoms with van der Waals surface area (Å²) in [5.74, 6) is 0.581. The smallest absolute Gasteiger partial charge is 0.0198 e. The summed E-state index contributed by atoms with van der Waals surface area (Å²) in [4.78, 5) is 0. The first-order valence-corrected chi connectivity index (χ1v) is 4.38. The van der Waals surface area contributed by atoms with Gasteiger partial charge in [0, 0.05) is 0 Å². The third kappa shape index (κ3) is 1.58. The molecule has 0 nitrogen and oxygen atoms in total. The molecule has 0 heterocycles. The molecule has 0 saturated heterocycles. The summed E-state index contributed by atoms with van der Waals surface area (Å²) in [5.41, 5.74) is 4.01. The maximum Gasteiger partial charge on any atom is -0.0198 e. The Morgan fingerprint density at radius 2 is 2.00 bits per heavy atom. The van der Waals surface area contributed by atoms with Crippen LogP contribution < -0.4 is 0 Å². The molecule has 1 rings (SSSR count). The van der Waals surface area contributed by atoms with Gasteiger partial charge in [-0.1, -0.05) is 44.7 Å². The van der Waals surface area contributed by atoms with E-state index in [9.17, 15) is 0 Å². The van der Waals surface area contributed by atoms with Gasteiger partial charge in [0.2, 0.25) is 0 Å². The molecule has 64 valence electrons. The topological polar surface area (TPSA) is 0 Å². The van der Waals surface area contributed by atoms with Crippen molar-refractivity contribution < 1.29 is 0 Å². The van der Waals surface area contributed by atoms with E-state index < -0.39 is 0 Å². The molecule has 0 bridgehead atoms. The van der Waals surface area contributed by atoms with Gasteiger partial charge in [0.15, 0.2) is 0 Å². The van der Waals surface area contributed by atoms with Crippen LogP contribution in [-0.4, -0.2) is 0 Å². The summed E-state index contributed by atoms with van der Waals surface area (Å²) in [6.45, 7) is 10.4. The molecule has 0 heteroatoms. The zero-order valence-electron chi connectivity index (χ0n) is 8.09. The molecule has 0 aliphatic rings. The number of hydrogen-bond donors (Lipinski definition) is 0. The van der Waals surface area contributed by atoms with Gasteiger partial charge in [-0.05, 0) is 29.5 Å². The predicted octanol–water partition coefficient (Wildman–Crippen LogP) is 3.76. The van der Waals surface area contributed by atoms with Crippen LogP contribution in [0.5, 0.6) is 0 Å². The van der Waals surface area contributed by atoms with E-state index in [1.54, 1.807) is 0 Å². The minimum atomic E-state index is 0.581. The largest absolute Gasteiger partial charge is 0.0984 e. The van der Waals surface area contributed by atoms with E-state index in [1.807, 2.05) is 6.08 Å². The molecule has 0 radical (unpaired) electrons. The second-order valence-corrected chi connectivity index (χ2v) is 3.44. The van der Waals surface area contributed by atoms with Crippen molar-refractivity contribution in [2.24, 2.45) is 0 Å². The molecule has 1 aromatic rings. The highest BCUT2D eigenvalue weighted by Gasteiger charge is 2.04. The van der Waals surface area contributed by atoms with E-state index in [-0.39, 0.29) is 0 Å². The molecule has 0 unspecified atom stereocenters. The number of aryl methyl sites for hydroxylation is 1. The van der Waals surface area contributed by atoms with Gasteiger partial charge < -0.3 is 0 Å². The van der Waals surface area contributed by atoms with Crippen LogP contribution in [0, 0.1) is 6.92 Å².